The van der Waals surface area contributed by atoms with Gasteiger partial charge in [0.15, 0.2) is 17.3 Å². The number of pyridine rings is 1. The number of ether oxygens (including phenoxy) is 2. The fourth-order valence-corrected chi connectivity index (χ4v) is 5.79. The van der Waals surface area contributed by atoms with Crippen LogP contribution in [-0.4, -0.2) is 59.2 Å². The number of fused-ring (bicyclic) bond motifs is 3. The fourth-order valence-electron chi connectivity index (χ4n) is 5.79. The van der Waals surface area contributed by atoms with E-state index in [1.807, 2.05) is 11.0 Å². The van der Waals surface area contributed by atoms with Crippen LogP contribution in [-0.2, 0) is 0 Å². The molecule has 0 unspecified atom stereocenters. The SMILES string of the molecule is O=C(c1ccncc1F)N1C[C@H](c2ccc3c(c2)OCO3)[C@H]2[C@@H]1C1CCN2CC1. The fraction of sp³-hybridized carbons (Fsp3) is 0.455. The number of hydrogen-bond acceptors (Lipinski definition) is 5. The van der Waals surface area contributed by atoms with Gasteiger partial charge in [0.25, 0.3) is 5.91 Å². The van der Waals surface area contributed by atoms with Gasteiger partial charge in [-0.25, -0.2) is 4.39 Å². The molecule has 6 nitrogen and oxygen atoms in total. The Bertz CT molecular complexity index is 976. The van der Waals surface area contributed by atoms with Crippen LogP contribution in [0.4, 0.5) is 4.39 Å². The minimum Gasteiger partial charge on any atom is -0.454 e. The van der Waals surface area contributed by atoms with Gasteiger partial charge in [-0.3, -0.25) is 14.7 Å². The second-order valence-corrected chi connectivity index (χ2v) is 8.39. The summed E-state index contributed by atoms with van der Waals surface area (Å²) < 4.78 is 25.4. The lowest BCUT2D eigenvalue weighted by atomic mass is 9.75. The van der Waals surface area contributed by atoms with E-state index < -0.39 is 5.82 Å². The molecule has 2 aromatic rings. The number of benzene rings is 1. The molecule has 0 N–H and O–H groups in total. The van der Waals surface area contributed by atoms with Crippen LogP contribution < -0.4 is 9.47 Å². The van der Waals surface area contributed by atoms with Gasteiger partial charge in [0.05, 0.1) is 17.8 Å². The van der Waals surface area contributed by atoms with Crippen LogP contribution in [0.5, 0.6) is 11.5 Å². The molecular weight excluding hydrogens is 373 g/mol. The molecule has 0 spiro atoms. The highest BCUT2D eigenvalue weighted by Crippen LogP contribution is 2.48. The average Bonchev–Trinajstić information content (AvgIpc) is 3.40. The van der Waals surface area contributed by atoms with Crippen LogP contribution >= 0.6 is 0 Å². The highest BCUT2D eigenvalue weighted by molar-refractivity contribution is 5.95. The maximum Gasteiger partial charge on any atom is 0.257 e. The van der Waals surface area contributed by atoms with Gasteiger partial charge in [0, 0.05) is 24.7 Å². The third-order valence-corrected chi connectivity index (χ3v) is 7.08. The first-order chi connectivity index (χ1) is 14.2. The zero-order valence-corrected chi connectivity index (χ0v) is 16.0. The molecule has 3 atom stereocenters. The number of nitrogens with zero attached hydrogens (tertiary/aromatic N) is 3. The molecule has 5 aliphatic heterocycles. The zero-order valence-electron chi connectivity index (χ0n) is 16.0. The smallest absolute Gasteiger partial charge is 0.257 e. The van der Waals surface area contributed by atoms with Gasteiger partial charge in [-0.2, -0.15) is 0 Å². The molecule has 7 heteroatoms. The van der Waals surface area contributed by atoms with E-state index in [-0.39, 0.29) is 36.3 Å². The summed E-state index contributed by atoms with van der Waals surface area (Å²) in [7, 11) is 0. The molecule has 1 aromatic heterocycles. The van der Waals surface area contributed by atoms with Crippen molar-refractivity contribution in [2.45, 2.75) is 30.8 Å². The van der Waals surface area contributed by atoms with E-state index in [0.717, 1.165) is 49.2 Å². The lowest BCUT2D eigenvalue weighted by molar-refractivity contribution is -0.00355. The molecule has 5 aliphatic rings. The molecular formula is C22H22FN3O3. The maximum absolute atomic E-state index is 14.3. The van der Waals surface area contributed by atoms with Gasteiger partial charge in [-0.15, -0.1) is 0 Å². The first-order valence-electron chi connectivity index (χ1n) is 10.2. The number of likely N-dealkylation sites (tertiary alicyclic amines) is 1. The average molecular weight is 395 g/mol. The first kappa shape index (κ1) is 17.2. The van der Waals surface area contributed by atoms with Crippen molar-refractivity contribution < 1.29 is 18.7 Å². The molecule has 4 saturated heterocycles. The van der Waals surface area contributed by atoms with Gasteiger partial charge < -0.3 is 14.4 Å². The predicted molar refractivity (Wildman–Crippen MR) is 102 cm³/mol. The zero-order chi connectivity index (χ0) is 19.5. The largest absolute Gasteiger partial charge is 0.454 e. The van der Waals surface area contributed by atoms with Crippen molar-refractivity contribution in [1.82, 2.24) is 14.8 Å². The number of carbonyl (C=O) groups is 1. The van der Waals surface area contributed by atoms with E-state index in [4.69, 9.17) is 9.47 Å². The Balaban J connectivity index is 1.39. The van der Waals surface area contributed by atoms with Crippen LogP contribution in [0.1, 0.15) is 34.7 Å². The molecule has 7 rings (SSSR count). The number of carbonyl (C=O) groups excluding carboxylic acids is 1. The number of hydrogen-bond donors (Lipinski definition) is 0. The van der Waals surface area contributed by atoms with Gasteiger partial charge in [-0.1, -0.05) is 6.07 Å². The molecule has 150 valence electrons. The van der Waals surface area contributed by atoms with E-state index in [1.165, 1.54) is 12.3 Å². The molecule has 2 bridgehead atoms. The van der Waals surface area contributed by atoms with Gasteiger partial charge >= 0.3 is 0 Å². The molecule has 0 aliphatic carbocycles. The highest BCUT2D eigenvalue weighted by atomic mass is 19.1. The Hall–Kier alpha value is -2.67. The number of aromatic nitrogens is 1. The topological polar surface area (TPSA) is 54.9 Å². The Morgan fingerprint density at radius 3 is 2.76 bits per heavy atom. The van der Waals surface area contributed by atoms with Crippen molar-refractivity contribution >= 4 is 5.91 Å². The molecule has 29 heavy (non-hydrogen) atoms. The highest BCUT2D eigenvalue weighted by Gasteiger charge is 2.55. The summed E-state index contributed by atoms with van der Waals surface area (Å²) >= 11 is 0. The molecule has 1 amide bonds. The van der Waals surface area contributed by atoms with E-state index in [2.05, 4.69) is 22.0 Å². The second-order valence-electron chi connectivity index (χ2n) is 8.39. The molecule has 0 saturated carbocycles. The molecule has 6 heterocycles. The third-order valence-electron chi connectivity index (χ3n) is 7.08. The lowest BCUT2D eigenvalue weighted by Crippen LogP contribution is -2.60. The third kappa shape index (κ3) is 2.56. The van der Waals surface area contributed by atoms with E-state index >= 15 is 0 Å². The summed E-state index contributed by atoms with van der Waals surface area (Å²) in [5, 5.41) is 0. The minimum absolute atomic E-state index is 0.113. The number of piperidine rings is 3. The number of rotatable bonds is 2. The Kier molecular flexibility index (Phi) is 3.81. The van der Waals surface area contributed by atoms with Crippen LogP contribution in [0.3, 0.4) is 0 Å². The van der Waals surface area contributed by atoms with E-state index in [0.29, 0.717) is 12.5 Å². The van der Waals surface area contributed by atoms with E-state index in [9.17, 15) is 9.18 Å². The van der Waals surface area contributed by atoms with Crippen LogP contribution in [0.2, 0.25) is 0 Å². The monoisotopic (exact) mass is 395 g/mol. The summed E-state index contributed by atoms with van der Waals surface area (Å²) in [6.07, 6.45) is 4.79. The summed E-state index contributed by atoms with van der Waals surface area (Å²) in [5.41, 5.74) is 1.27. The summed E-state index contributed by atoms with van der Waals surface area (Å²) in [4.78, 5) is 21.6. The Morgan fingerprint density at radius 1 is 1.10 bits per heavy atom. The van der Waals surface area contributed by atoms with Crippen molar-refractivity contribution in [3.05, 3.63) is 53.6 Å². The predicted octanol–water partition coefficient (Wildman–Crippen LogP) is 2.65. The lowest BCUT2D eigenvalue weighted by Gasteiger charge is -2.51. The normalized spacial score (nSPS) is 31.8. The van der Waals surface area contributed by atoms with Crippen molar-refractivity contribution in [2.75, 3.05) is 26.4 Å². The summed E-state index contributed by atoms with van der Waals surface area (Å²) in [6, 6.07) is 7.95. The van der Waals surface area contributed by atoms with Crippen LogP contribution in [0, 0.1) is 11.7 Å². The number of halogens is 1. The van der Waals surface area contributed by atoms with Gasteiger partial charge in [-0.05, 0) is 55.6 Å². The van der Waals surface area contributed by atoms with Gasteiger partial charge in [0.2, 0.25) is 6.79 Å². The maximum atomic E-state index is 14.3. The summed E-state index contributed by atoms with van der Waals surface area (Å²) in [6.45, 7) is 2.97. The molecule has 4 fully saturated rings. The molecule has 0 radical (unpaired) electrons. The van der Waals surface area contributed by atoms with Crippen LogP contribution in [0.25, 0.3) is 0 Å². The standard InChI is InChI=1S/C22H22FN3O3/c23-17-10-24-6-3-15(17)22(27)26-11-16(14-1-2-18-19(9-14)29-12-28-18)21-20(26)13-4-7-25(21)8-5-13/h1-3,6,9-10,13,16,20-21H,4-5,7-8,11-12H2/t16-,20+,21+/m1/s1. The quantitative estimate of drug-likeness (QED) is 0.783. The second kappa shape index (κ2) is 6.42. The van der Waals surface area contributed by atoms with Crippen molar-refractivity contribution in [1.29, 1.82) is 0 Å². The Morgan fingerprint density at radius 2 is 1.93 bits per heavy atom. The van der Waals surface area contributed by atoms with E-state index in [1.54, 1.807) is 0 Å². The number of amides is 1. The minimum atomic E-state index is -0.554. The van der Waals surface area contributed by atoms with Crippen molar-refractivity contribution in [3.63, 3.8) is 0 Å². The first-order valence-corrected chi connectivity index (χ1v) is 10.2. The summed E-state index contributed by atoms with van der Waals surface area (Å²) in [5.74, 6) is 1.39. The van der Waals surface area contributed by atoms with Crippen molar-refractivity contribution in [3.8, 4) is 11.5 Å². The Labute approximate surface area is 168 Å². The van der Waals surface area contributed by atoms with Gasteiger partial charge in [0.1, 0.15) is 0 Å². The molecule has 1 aromatic carbocycles. The van der Waals surface area contributed by atoms with Crippen LogP contribution in [0.15, 0.2) is 36.7 Å². The van der Waals surface area contributed by atoms with Crippen molar-refractivity contribution in [2.24, 2.45) is 5.92 Å².